The molecular formula is C13H11N3O3S. The summed E-state index contributed by atoms with van der Waals surface area (Å²) in [5.74, 6) is 0.202. The Labute approximate surface area is 118 Å². The van der Waals surface area contributed by atoms with Crippen LogP contribution in [0.25, 0.3) is 16.2 Å². The van der Waals surface area contributed by atoms with Crippen LogP contribution in [0.15, 0.2) is 29.6 Å². The van der Waals surface area contributed by atoms with Gasteiger partial charge in [-0.25, -0.2) is 0 Å². The summed E-state index contributed by atoms with van der Waals surface area (Å²) in [6.45, 7) is 0. The molecule has 3 rings (SSSR count). The highest BCUT2D eigenvalue weighted by atomic mass is 32.1. The van der Waals surface area contributed by atoms with Gasteiger partial charge in [-0.2, -0.15) is 0 Å². The van der Waals surface area contributed by atoms with Crippen molar-refractivity contribution in [3.63, 3.8) is 0 Å². The second kappa shape index (κ2) is 4.93. The lowest BCUT2D eigenvalue weighted by atomic mass is 10.1. The van der Waals surface area contributed by atoms with Gasteiger partial charge in [0.25, 0.3) is 0 Å². The van der Waals surface area contributed by atoms with Crippen LogP contribution in [0, 0.1) is 0 Å². The van der Waals surface area contributed by atoms with Crippen molar-refractivity contribution < 1.29 is 14.6 Å². The first-order chi connectivity index (χ1) is 9.70. The SMILES string of the molecule is COc1ccccc1-c1csc2nnc(CC(=O)O)n12. The molecule has 0 amide bonds. The standard InChI is InChI=1S/C13H11N3O3S/c1-19-10-5-3-2-4-8(10)9-7-20-13-15-14-11(16(9)13)6-12(17)18/h2-5,7H,6H2,1H3,(H,17,18). The van der Waals surface area contributed by atoms with Gasteiger partial charge in [0, 0.05) is 10.9 Å². The molecule has 0 radical (unpaired) electrons. The maximum atomic E-state index is 10.9. The highest BCUT2D eigenvalue weighted by Gasteiger charge is 2.17. The number of methoxy groups -OCH3 is 1. The number of carbonyl (C=O) groups is 1. The van der Waals surface area contributed by atoms with Gasteiger partial charge in [0.2, 0.25) is 4.96 Å². The van der Waals surface area contributed by atoms with Gasteiger partial charge in [-0.3, -0.25) is 9.20 Å². The molecule has 0 spiro atoms. The first-order valence-corrected chi connectivity index (χ1v) is 6.75. The number of fused-ring (bicyclic) bond motifs is 1. The van der Waals surface area contributed by atoms with Gasteiger partial charge in [0.1, 0.15) is 18.0 Å². The lowest BCUT2D eigenvalue weighted by Crippen LogP contribution is -2.05. The van der Waals surface area contributed by atoms with Crippen molar-refractivity contribution in [2.75, 3.05) is 7.11 Å². The van der Waals surface area contributed by atoms with Crippen LogP contribution in [-0.4, -0.2) is 32.8 Å². The number of nitrogens with zero attached hydrogens (tertiary/aromatic N) is 3. The van der Waals surface area contributed by atoms with Crippen molar-refractivity contribution in [2.45, 2.75) is 6.42 Å². The highest BCUT2D eigenvalue weighted by Crippen LogP contribution is 2.33. The first-order valence-electron chi connectivity index (χ1n) is 5.87. The van der Waals surface area contributed by atoms with E-state index in [2.05, 4.69) is 10.2 Å². The maximum Gasteiger partial charge on any atom is 0.311 e. The summed E-state index contributed by atoms with van der Waals surface area (Å²) in [6.07, 6.45) is -0.167. The fourth-order valence-corrected chi connectivity index (χ4v) is 2.92. The number of ether oxygens (including phenoxy) is 1. The third-order valence-corrected chi connectivity index (χ3v) is 3.73. The van der Waals surface area contributed by atoms with E-state index in [4.69, 9.17) is 9.84 Å². The zero-order valence-corrected chi connectivity index (χ0v) is 11.4. The Bertz CT molecular complexity index is 778. The van der Waals surface area contributed by atoms with E-state index in [1.807, 2.05) is 29.6 Å². The highest BCUT2D eigenvalue weighted by molar-refractivity contribution is 7.15. The molecule has 6 nitrogen and oxygen atoms in total. The quantitative estimate of drug-likeness (QED) is 0.796. The predicted octanol–water partition coefficient (Wildman–Crippen LogP) is 2.09. The number of aliphatic carboxylic acids is 1. The largest absolute Gasteiger partial charge is 0.496 e. The minimum Gasteiger partial charge on any atom is -0.496 e. The number of thiazole rings is 1. The summed E-state index contributed by atoms with van der Waals surface area (Å²) < 4.78 is 7.11. The lowest BCUT2D eigenvalue weighted by Gasteiger charge is -2.07. The van der Waals surface area contributed by atoms with E-state index in [0.29, 0.717) is 10.8 Å². The van der Waals surface area contributed by atoms with E-state index in [0.717, 1.165) is 17.0 Å². The van der Waals surface area contributed by atoms with Crippen LogP contribution in [0.5, 0.6) is 5.75 Å². The van der Waals surface area contributed by atoms with Gasteiger partial charge in [-0.1, -0.05) is 12.1 Å². The van der Waals surface area contributed by atoms with E-state index in [9.17, 15) is 4.79 Å². The Morgan fingerprint density at radius 3 is 2.95 bits per heavy atom. The molecule has 0 unspecified atom stereocenters. The summed E-state index contributed by atoms with van der Waals surface area (Å²) in [5.41, 5.74) is 1.72. The second-order valence-electron chi connectivity index (χ2n) is 4.13. The van der Waals surface area contributed by atoms with Crippen LogP contribution in [-0.2, 0) is 11.2 Å². The zero-order chi connectivity index (χ0) is 14.1. The lowest BCUT2D eigenvalue weighted by molar-refractivity contribution is -0.136. The minimum absolute atomic E-state index is 0.167. The Hall–Kier alpha value is -2.41. The third kappa shape index (κ3) is 2.01. The molecule has 2 aromatic heterocycles. The molecule has 0 fully saturated rings. The molecule has 0 aliphatic rings. The van der Waals surface area contributed by atoms with Crippen molar-refractivity contribution in [2.24, 2.45) is 0 Å². The molecular weight excluding hydrogens is 278 g/mol. The molecule has 7 heteroatoms. The number of rotatable bonds is 4. The first kappa shape index (κ1) is 12.6. The number of hydrogen-bond donors (Lipinski definition) is 1. The van der Waals surface area contributed by atoms with E-state index >= 15 is 0 Å². The molecule has 0 aliphatic carbocycles. The van der Waals surface area contributed by atoms with E-state index in [-0.39, 0.29) is 6.42 Å². The van der Waals surface area contributed by atoms with Gasteiger partial charge in [0.05, 0.1) is 12.8 Å². The Morgan fingerprint density at radius 2 is 2.20 bits per heavy atom. The molecule has 20 heavy (non-hydrogen) atoms. The molecule has 0 saturated heterocycles. The van der Waals surface area contributed by atoms with Gasteiger partial charge < -0.3 is 9.84 Å². The van der Waals surface area contributed by atoms with Crippen LogP contribution in [0.4, 0.5) is 0 Å². The Balaban J connectivity index is 2.21. The van der Waals surface area contributed by atoms with Gasteiger partial charge in [-0.15, -0.1) is 21.5 Å². The zero-order valence-electron chi connectivity index (χ0n) is 10.6. The average molecular weight is 289 g/mol. The maximum absolute atomic E-state index is 10.9. The van der Waals surface area contributed by atoms with Crippen molar-refractivity contribution in [1.82, 2.24) is 14.6 Å². The van der Waals surface area contributed by atoms with E-state index in [1.54, 1.807) is 11.5 Å². The number of para-hydroxylation sites is 1. The molecule has 102 valence electrons. The van der Waals surface area contributed by atoms with Crippen molar-refractivity contribution in [1.29, 1.82) is 0 Å². The molecule has 0 aliphatic heterocycles. The van der Waals surface area contributed by atoms with Gasteiger partial charge in [-0.05, 0) is 12.1 Å². The monoisotopic (exact) mass is 289 g/mol. The molecule has 1 N–H and O–H groups in total. The Morgan fingerprint density at radius 1 is 1.40 bits per heavy atom. The van der Waals surface area contributed by atoms with Crippen LogP contribution < -0.4 is 4.74 Å². The normalized spacial score (nSPS) is 10.8. The fourth-order valence-electron chi connectivity index (χ4n) is 2.07. The summed E-state index contributed by atoms with van der Waals surface area (Å²) in [7, 11) is 1.60. The van der Waals surface area contributed by atoms with Gasteiger partial charge >= 0.3 is 5.97 Å². The van der Waals surface area contributed by atoms with Crippen LogP contribution >= 0.6 is 11.3 Å². The summed E-state index contributed by atoms with van der Waals surface area (Å²) in [6, 6.07) is 7.57. The summed E-state index contributed by atoms with van der Waals surface area (Å²) in [4.78, 5) is 11.6. The molecule has 0 saturated carbocycles. The van der Waals surface area contributed by atoms with Crippen LogP contribution in [0.3, 0.4) is 0 Å². The summed E-state index contributed by atoms with van der Waals surface area (Å²) in [5, 5.41) is 18.8. The van der Waals surface area contributed by atoms with E-state index < -0.39 is 5.97 Å². The molecule has 1 aromatic carbocycles. The number of aromatic nitrogens is 3. The topological polar surface area (TPSA) is 76.7 Å². The number of carboxylic acids is 1. The van der Waals surface area contributed by atoms with Crippen molar-refractivity contribution >= 4 is 22.3 Å². The van der Waals surface area contributed by atoms with Crippen molar-refractivity contribution in [3.8, 4) is 17.0 Å². The van der Waals surface area contributed by atoms with E-state index in [1.165, 1.54) is 11.3 Å². The number of hydrogen-bond acceptors (Lipinski definition) is 5. The second-order valence-corrected chi connectivity index (χ2v) is 4.96. The fraction of sp³-hybridized carbons (Fsp3) is 0.154. The average Bonchev–Trinajstić information content (AvgIpc) is 3.01. The summed E-state index contributed by atoms with van der Waals surface area (Å²) >= 11 is 1.42. The predicted molar refractivity (Wildman–Crippen MR) is 74.2 cm³/mol. The van der Waals surface area contributed by atoms with Gasteiger partial charge in [0.15, 0.2) is 0 Å². The molecule has 3 aromatic rings. The van der Waals surface area contributed by atoms with Crippen molar-refractivity contribution in [3.05, 3.63) is 35.5 Å². The number of carboxylic acid groups (broad SMARTS) is 1. The van der Waals surface area contributed by atoms with Crippen LogP contribution in [0.2, 0.25) is 0 Å². The molecule has 2 heterocycles. The molecule has 0 bridgehead atoms. The van der Waals surface area contributed by atoms with Crippen LogP contribution in [0.1, 0.15) is 5.82 Å². The molecule has 0 atom stereocenters. The number of benzene rings is 1. The minimum atomic E-state index is -0.934. The third-order valence-electron chi connectivity index (χ3n) is 2.91. The smallest absolute Gasteiger partial charge is 0.311 e. The Kier molecular flexibility index (Phi) is 3.11.